The molecule has 0 fully saturated rings. The number of hydrogen-bond donors (Lipinski definition) is 3. The van der Waals surface area contributed by atoms with Gasteiger partial charge in [0.1, 0.15) is 5.82 Å². The van der Waals surface area contributed by atoms with E-state index in [1.54, 1.807) is 0 Å². The number of hydrogen-bond acceptors (Lipinski definition) is 5. The number of nitrogens with one attached hydrogen (secondary N) is 3. The van der Waals surface area contributed by atoms with Crippen molar-refractivity contribution >= 4 is 34.7 Å². The van der Waals surface area contributed by atoms with Gasteiger partial charge >= 0.3 is 0 Å². The van der Waals surface area contributed by atoms with Gasteiger partial charge in [-0.25, -0.2) is 4.98 Å². The molecular weight excluding hydrogens is 350 g/mol. The van der Waals surface area contributed by atoms with Crippen molar-refractivity contribution in [2.24, 2.45) is 0 Å². The highest BCUT2D eigenvalue weighted by Crippen LogP contribution is 2.26. The van der Waals surface area contributed by atoms with Crippen molar-refractivity contribution in [2.45, 2.75) is 34.6 Å². The van der Waals surface area contributed by atoms with Gasteiger partial charge in [-0.3, -0.25) is 4.79 Å². The first kappa shape index (κ1) is 19.4. The summed E-state index contributed by atoms with van der Waals surface area (Å²) in [6.07, 6.45) is 0. The number of amides is 1. The van der Waals surface area contributed by atoms with Crippen LogP contribution in [0.1, 0.15) is 29.3 Å². The molecule has 3 rings (SSSR count). The fourth-order valence-corrected chi connectivity index (χ4v) is 3.17. The summed E-state index contributed by atoms with van der Waals surface area (Å²) >= 11 is 0. The molecule has 3 N–H and O–H groups in total. The van der Waals surface area contributed by atoms with E-state index in [4.69, 9.17) is 0 Å². The molecule has 0 spiro atoms. The summed E-state index contributed by atoms with van der Waals surface area (Å²) in [5.74, 6) is 1.15. The summed E-state index contributed by atoms with van der Waals surface area (Å²) < 4.78 is 0. The molecule has 144 valence electrons. The van der Waals surface area contributed by atoms with Crippen LogP contribution in [0.4, 0.5) is 28.8 Å². The van der Waals surface area contributed by atoms with Crippen LogP contribution in [0.15, 0.2) is 42.5 Å². The molecule has 1 aromatic heterocycles. The van der Waals surface area contributed by atoms with E-state index >= 15 is 0 Å². The Morgan fingerprint density at radius 2 is 1.43 bits per heavy atom. The zero-order valence-electron chi connectivity index (χ0n) is 16.8. The molecule has 6 nitrogen and oxygen atoms in total. The van der Waals surface area contributed by atoms with Crippen molar-refractivity contribution in [1.29, 1.82) is 0 Å². The molecular formula is C22H25N5O. The van der Waals surface area contributed by atoms with Crippen molar-refractivity contribution in [2.75, 3.05) is 16.0 Å². The molecule has 0 bridgehead atoms. The Morgan fingerprint density at radius 1 is 0.821 bits per heavy atom. The first-order chi connectivity index (χ1) is 13.3. The monoisotopic (exact) mass is 375 g/mol. The lowest BCUT2D eigenvalue weighted by atomic mass is 10.1. The van der Waals surface area contributed by atoms with Crippen molar-refractivity contribution in [3.05, 3.63) is 64.8 Å². The molecule has 3 aromatic rings. The molecule has 0 saturated carbocycles. The van der Waals surface area contributed by atoms with Crippen molar-refractivity contribution in [3.63, 3.8) is 0 Å². The lowest BCUT2D eigenvalue weighted by Gasteiger charge is -2.14. The van der Waals surface area contributed by atoms with Crippen molar-refractivity contribution < 1.29 is 4.79 Å². The second kappa shape index (κ2) is 8.08. The maximum atomic E-state index is 11.1. The normalized spacial score (nSPS) is 10.5. The van der Waals surface area contributed by atoms with E-state index < -0.39 is 0 Å². The Balaban J connectivity index is 1.81. The molecule has 0 saturated heterocycles. The van der Waals surface area contributed by atoms with E-state index in [9.17, 15) is 4.79 Å². The molecule has 1 amide bonds. The van der Waals surface area contributed by atoms with Crippen LogP contribution in [0.3, 0.4) is 0 Å². The van der Waals surface area contributed by atoms with Gasteiger partial charge in [0, 0.05) is 35.7 Å². The maximum absolute atomic E-state index is 11.1. The minimum absolute atomic E-state index is 0.0930. The molecule has 0 aliphatic rings. The molecule has 28 heavy (non-hydrogen) atoms. The van der Waals surface area contributed by atoms with Gasteiger partial charge in [-0.1, -0.05) is 17.7 Å². The Morgan fingerprint density at radius 3 is 2.04 bits per heavy atom. The average molecular weight is 375 g/mol. The number of rotatable bonds is 5. The Hall–Kier alpha value is -3.41. The number of benzene rings is 2. The summed E-state index contributed by atoms with van der Waals surface area (Å²) in [6, 6.07) is 13.6. The standard InChI is InChI=1S/C22H25N5O/c1-13-10-14(2)21(15(3)11-13)27-22-23-16(4)12-20(26-22)25-19-8-6-18(7-9-19)24-17(5)28/h6-12H,1-5H3,(H,24,28)(H2,23,25,26,27). The van der Waals surface area contributed by atoms with E-state index in [1.165, 1.54) is 12.5 Å². The lowest BCUT2D eigenvalue weighted by molar-refractivity contribution is -0.114. The van der Waals surface area contributed by atoms with E-state index in [0.29, 0.717) is 11.8 Å². The van der Waals surface area contributed by atoms with Crippen LogP contribution in [0.2, 0.25) is 0 Å². The Bertz CT molecular complexity index is 989. The summed E-state index contributed by atoms with van der Waals surface area (Å²) in [5.41, 5.74) is 7.07. The van der Waals surface area contributed by atoms with Gasteiger partial charge in [-0.05, 0) is 63.1 Å². The lowest BCUT2D eigenvalue weighted by Crippen LogP contribution is -2.06. The molecule has 0 atom stereocenters. The van der Waals surface area contributed by atoms with Crippen molar-refractivity contribution in [1.82, 2.24) is 9.97 Å². The van der Waals surface area contributed by atoms with Gasteiger partial charge in [0.15, 0.2) is 0 Å². The molecule has 1 heterocycles. The van der Waals surface area contributed by atoms with E-state index in [-0.39, 0.29) is 5.91 Å². The van der Waals surface area contributed by atoms with Gasteiger partial charge in [0.25, 0.3) is 0 Å². The van der Waals surface area contributed by atoms with E-state index in [1.807, 2.05) is 37.3 Å². The highest BCUT2D eigenvalue weighted by atomic mass is 16.1. The highest BCUT2D eigenvalue weighted by molar-refractivity contribution is 5.88. The predicted octanol–water partition coefficient (Wildman–Crippen LogP) is 5.16. The molecule has 6 heteroatoms. The number of aryl methyl sites for hydroxylation is 4. The molecule has 2 aromatic carbocycles. The van der Waals surface area contributed by atoms with E-state index in [0.717, 1.165) is 33.9 Å². The molecule has 0 unspecified atom stereocenters. The van der Waals surface area contributed by atoms with Crippen LogP contribution in [-0.4, -0.2) is 15.9 Å². The zero-order chi connectivity index (χ0) is 20.3. The first-order valence-electron chi connectivity index (χ1n) is 9.15. The molecule has 0 aliphatic heterocycles. The minimum atomic E-state index is -0.0930. The fraction of sp³-hybridized carbons (Fsp3) is 0.227. The first-order valence-corrected chi connectivity index (χ1v) is 9.15. The summed E-state index contributed by atoms with van der Waals surface area (Å²) in [7, 11) is 0. The van der Waals surface area contributed by atoms with E-state index in [2.05, 4.69) is 58.8 Å². The summed E-state index contributed by atoms with van der Waals surface area (Å²) in [6.45, 7) is 9.67. The minimum Gasteiger partial charge on any atom is -0.340 e. The van der Waals surface area contributed by atoms with Gasteiger partial charge in [-0.15, -0.1) is 0 Å². The Kier molecular flexibility index (Phi) is 5.59. The van der Waals surface area contributed by atoms with Crippen LogP contribution in [0.25, 0.3) is 0 Å². The van der Waals surface area contributed by atoms with Crippen LogP contribution in [-0.2, 0) is 4.79 Å². The van der Waals surface area contributed by atoms with Crippen LogP contribution >= 0.6 is 0 Å². The summed E-state index contributed by atoms with van der Waals surface area (Å²) in [5, 5.41) is 9.40. The van der Waals surface area contributed by atoms with Crippen LogP contribution in [0.5, 0.6) is 0 Å². The second-order valence-electron chi connectivity index (χ2n) is 7.00. The number of aromatic nitrogens is 2. The van der Waals surface area contributed by atoms with Crippen LogP contribution in [0, 0.1) is 27.7 Å². The van der Waals surface area contributed by atoms with Gasteiger partial charge in [0.2, 0.25) is 11.9 Å². The quantitative estimate of drug-likeness (QED) is 0.574. The number of anilines is 5. The SMILES string of the molecule is CC(=O)Nc1ccc(Nc2cc(C)nc(Nc3c(C)cc(C)cc3C)n2)cc1. The van der Waals surface area contributed by atoms with Crippen molar-refractivity contribution in [3.8, 4) is 0 Å². The van der Waals surface area contributed by atoms with Gasteiger partial charge in [-0.2, -0.15) is 4.98 Å². The third kappa shape index (κ3) is 4.85. The Labute approximate surface area is 165 Å². The molecule has 0 aliphatic carbocycles. The third-order valence-corrected chi connectivity index (χ3v) is 4.25. The summed E-state index contributed by atoms with van der Waals surface area (Å²) in [4.78, 5) is 20.2. The topological polar surface area (TPSA) is 78.9 Å². The number of nitrogens with zero attached hydrogens (tertiary/aromatic N) is 2. The second-order valence-corrected chi connectivity index (χ2v) is 7.00. The zero-order valence-corrected chi connectivity index (χ0v) is 16.8. The smallest absolute Gasteiger partial charge is 0.229 e. The van der Waals surface area contributed by atoms with Gasteiger partial charge < -0.3 is 16.0 Å². The fourth-order valence-electron chi connectivity index (χ4n) is 3.17. The number of carbonyl (C=O) groups is 1. The maximum Gasteiger partial charge on any atom is 0.229 e. The van der Waals surface area contributed by atoms with Crippen LogP contribution < -0.4 is 16.0 Å². The molecule has 0 radical (unpaired) electrons. The van der Waals surface area contributed by atoms with Gasteiger partial charge in [0.05, 0.1) is 0 Å². The highest BCUT2D eigenvalue weighted by Gasteiger charge is 2.08. The number of carbonyl (C=O) groups excluding carboxylic acids is 1. The largest absolute Gasteiger partial charge is 0.340 e. The third-order valence-electron chi connectivity index (χ3n) is 4.25. The predicted molar refractivity (Wildman–Crippen MR) is 115 cm³/mol. The average Bonchev–Trinajstić information content (AvgIpc) is 2.59.